The minimum Gasteiger partial charge on any atom is -0.368 e. The van der Waals surface area contributed by atoms with Gasteiger partial charge in [-0.2, -0.15) is 4.98 Å². The van der Waals surface area contributed by atoms with E-state index in [-0.39, 0.29) is 11.9 Å². The highest BCUT2D eigenvalue weighted by molar-refractivity contribution is 7.15. The van der Waals surface area contributed by atoms with Gasteiger partial charge in [-0.25, -0.2) is 4.52 Å². The van der Waals surface area contributed by atoms with E-state index in [1.165, 1.54) is 11.3 Å². The predicted molar refractivity (Wildman–Crippen MR) is 93.9 cm³/mol. The molecule has 1 unspecified atom stereocenters. The maximum atomic E-state index is 12.1. The van der Waals surface area contributed by atoms with Crippen LogP contribution in [-0.2, 0) is 9.53 Å². The molecule has 1 aliphatic rings. The zero-order valence-electron chi connectivity index (χ0n) is 12.3. The van der Waals surface area contributed by atoms with Crippen LogP contribution < -0.4 is 5.32 Å². The van der Waals surface area contributed by atoms with Gasteiger partial charge in [-0.1, -0.05) is 23.2 Å². The van der Waals surface area contributed by atoms with Gasteiger partial charge in [0.2, 0.25) is 4.96 Å². The summed E-state index contributed by atoms with van der Waals surface area (Å²) in [7, 11) is 0. The summed E-state index contributed by atoms with van der Waals surface area (Å²) in [5.41, 5.74) is 1.59. The van der Waals surface area contributed by atoms with Crippen LogP contribution in [0.2, 0.25) is 10.0 Å². The lowest BCUT2D eigenvalue weighted by Gasteiger charge is -2.07. The van der Waals surface area contributed by atoms with Crippen molar-refractivity contribution >= 4 is 51.4 Å². The number of nitrogens with one attached hydrogen (secondary N) is 1. The zero-order chi connectivity index (χ0) is 16.7. The van der Waals surface area contributed by atoms with Gasteiger partial charge in [0.25, 0.3) is 11.9 Å². The molecule has 3 heterocycles. The van der Waals surface area contributed by atoms with Crippen LogP contribution in [0.3, 0.4) is 0 Å². The van der Waals surface area contributed by atoms with Crippen LogP contribution in [0.4, 0.5) is 5.95 Å². The van der Waals surface area contributed by atoms with Crippen LogP contribution in [0.25, 0.3) is 16.2 Å². The summed E-state index contributed by atoms with van der Waals surface area (Å²) in [4.78, 5) is 17.1. The smallest absolute Gasteiger partial charge is 0.255 e. The Labute approximate surface area is 151 Å². The van der Waals surface area contributed by atoms with Crippen molar-refractivity contribution in [3.63, 3.8) is 0 Å². The van der Waals surface area contributed by atoms with E-state index in [4.69, 9.17) is 27.9 Å². The highest BCUT2D eigenvalue weighted by Gasteiger charge is 2.25. The largest absolute Gasteiger partial charge is 0.368 e. The Morgan fingerprint density at radius 3 is 3.04 bits per heavy atom. The lowest BCUT2D eigenvalue weighted by atomic mass is 10.2. The Kier molecular flexibility index (Phi) is 4.17. The maximum Gasteiger partial charge on any atom is 0.255 e. The van der Waals surface area contributed by atoms with Crippen molar-refractivity contribution in [3.8, 4) is 11.3 Å². The standard InChI is InChI=1S/C15H12Cl2N4O2S/c16-8-3-4-9(10(17)6-8)11-7-24-15-19-14(20-21(11)15)18-13(22)12-2-1-5-23-12/h3-4,6-7,12H,1-2,5H2,(H,18,20,22). The number of benzene rings is 1. The molecule has 1 aromatic carbocycles. The molecule has 124 valence electrons. The molecule has 1 saturated heterocycles. The van der Waals surface area contributed by atoms with Gasteiger partial charge in [0, 0.05) is 22.6 Å². The second-order valence-electron chi connectivity index (χ2n) is 5.37. The number of amides is 1. The van der Waals surface area contributed by atoms with Crippen LogP contribution in [0.5, 0.6) is 0 Å². The second kappa shape index (κ2) is 6.33. The number of carbonyl (C=O) groups excluding carboxylic acids is 1. The predicted octanol–water partition coefficient (Wildman–Crippen LogP) is 3.88. The molecule has 0 radical (unpaired) electrons. The molecule has 1 N–H and O–H groups in total. The van der Waals surface area contributed by atoms with Crippen molar-refractivity contribution in [2.45, 2.75) is 18.9 Å². The van der Waals surface area contributed by atoms with E-state index in [9.17, 15) is 4.79 Å². The van der Waals surface area contributed by atoms with Crippen LogP contribution in [0.1, 0.15) is 12.8 Å². The minimum atomic E-state index is -0.420. The first kappa shape index (κ1) is 15.8. The first-order valence-electron chi connectivity index (χ1n) is 7.34. The Morgan fingerprint density at radius 1 is 1.42 bits per heavy atom. The molecule has 0 bridgehead atoms. The molecular weight excluding hydrogens is 371 g/mol. The van der Waals surface area contributed by atoms with Gasteiger partial charge in [-0.05, 0) is 31.0 Å². The van der Waals surface area contributed by atoms with Crippen molar-refractivity contribution in [2.24, 2.45) is 0 Å². The molecule has 0 aliphatic carbocycles. The number of hydrogen-bond donors (Lipinski definition) is 1. The third kappa shape index (κ3) is 2.88. The summed E-state index contributed by atoms with van der Waals surface area (Å²) in [6.45, 7) is 0.614. The Morgan fingerprint density at radius 2 is 2.29 bits per heavy atom. The molecule has 1 amide bonds. The summed E-state index contributed by atoms with van der Waals surface area (Å²) >= 11 is 13.6. The molecular formula is C15H12Cl2N4O2S. The summed E-state index contributed by atoms with van der Waals surface area (Å²) in [6, 6.07) is 5.28. The molecule has 3 aromatic rings. The lowest BCUT2D eigenvalue weighted by molar-refractivity contribution is -0.124. The average Bonchev–Trinajstić information content (AvgIpc) is 3.24. The number of thiazole rings is 1. The quantitative estimate of drug-likeness (QED) is 0.745. The molecule has 1 aliphatic heterocycles. The average molecular weight is 383 g/mol. The number of aromatic nitrogens is 3. The molecule has 0 saturated carbocycles. The Bertz CT molecular complexity index is 917. The molecule has 1 fully saturated rings. The van der Waals surface area contributed by atoms with E-state index < -0.39 is 6.10 Å². The van der Waals surface area contributed by atoms with Crippen LogP contribution in [0, 0.1) is 0 Å². The third-order valence-corrected chi connectivity index (χ3v) is 5.11. The normalized spacial score (nSPS) is 17.5. The first-order valence-corrected chi connectivity index (χ1v) is 8.97. The van der Waals surface area contributed by atoms with Crippen LogP contribution in [-0.4, -0.2) is 33.2 Å². The topological polar surface area (TPSA) is 68.5 Å². The van der Waals surface area contributed by atoms with E-state index in [0.717, 1.165) is 24.1 Å². The van der Waals surface area contributed by atoms with Gasteiger partial charge < -0.3 is 4.74 Å². The van der Waals surface area contributed by atoms with E-state index in [2.05, 4.69) is 15.4 Å². The second-order valence-corrected chi connectivity index (χ2v) is 7.05. The van der Waals surface area contributed by atoms with Gasteiger partial charge in [0.1, 0.15) is 6.10 Å². The van der Waals surface area contributed by atoms with Crippen molar-refractivity contribution < 1.29 is 9.53 Å². The van der Waals surface area contributed by atoms with E-state index >= 15 is 0 Å². The fourth-order valence-electron chi connectivity index (χ4n) is 2.59. The Hall–Kier alpha value is -1.67. The zero-order valence-corrected chi connectivity index (χ0v) is 14.7. The van der Waals surface area contributed by atoms with E-state index in [0.29, 0.717) is 21.6 Å². The van der Waals surface area contributed by atoms with Gasteiger partial charge in [-0.3, -0.25) is 10.1 Å². The highest BCUT2D eigenvalue weighted by atomic mass is 35.5. The number of halogens is 2. The molecule has 2 aromatic heterocycles. The fraction of sp³-hybridized carbons (Fsp3) is 0.267. The molecule has 0 spiro atoms. The summed E-state index contributed by atoms with van der Waals surface area (Å²) < 4.78 is 7.02. The summed E-state index contributed by atoms with van der Waals surface area (Å²) in [5, 5.41) is 10.1. The molecule has 9 heteroatoms. The minimum absolute atomic E-state index is 0.211. The highest BCUT2D eigenvalue weighted by Crippen LogP contribution is 2.33. The number of hydrogen-bond acceptors (Lipinski definition) is 5. The molecule has 24 heavy (non-hydrogen) atoms. The van der Waals surface area contributed by atoms with Gasteiger partial charge in [-0.15, -0.1) is 16.4 Å². The van der Waals surface area contributed by atoms with Crippen molar-refractivity contribution in [2.75, 3.05) is 11.9 Å². The van der Waals surface area contributed by atoms with Crippen molar-refractivity contribution in [1.82, 2.24) is 14.6 Å². The number of rotatable bonds is 3. The maximum absolute atomic E-state index is 12.1. The number of fused-ring (bicyclic) bond motifs is 1. The Balaban J connectivity index is 1.64. The monoisotopic (exact) mass is 382 g/mol. The molecule has 4 rings (SSSR count). The van der Waals surface area contributed by atoms with Crippen LogP contribution in [0.15, 0.2) is 23.6 Å². The number of anilines is 1. The van der Waals surface area contributed by atoms with Crippen molar-refractivity contribution in [1.29, 1.82) is 0 Å². The number of ether oxygens (including phenoxy) is 1. The summed E-state index contributed by atoms with van der Waals surface area (Å²) in [5.74, 6) is 0.0468. The SMILES string of the molecule is O=C(Nc1nc2scc(-c3ccc(Cl)cc3Cl)n2n1)C1CCCO1. The van der Waals surface area contributed by atoms with E-state index in [1.807, 2.05) is 11.4 Å². The van der Waals surface area contributed by atoms with Gasteiger partial charge >= 0.3 is 0 Å². The van der Waals surface area contributed by atoms with E-state index in [1.54, 1.807) is 16.6 Å². The fourth-order valence-corrected chi connectivity index (χ4v) is 3.92. The third-order valence-electron chi connectivity index (χ3n) is 3.75. The van der Waals surface area contributed by atoms with Crippen LogP contribution >= 0.6 is 34.5 Å². The first-order chi connectivity index (χ1) is 11.6. The molecule has 6 nitrogen and oxygen atoms in total. The number of carbonyl (C=O) groups is 1. The van der Waals surface area contributed by atoms with Gasteiger partial charge in [0.05, 0.1) is 10.7 Å². The lowest BCUT2D eigenvalue weighted by Crippen LogP contribution is -2.27. The number of nitrogens with zero attached hydrogens (tertiary/aromatic N) is 3. The molecule has 1 atom stereocenters. The van der Waals surface area contributed by atoms with Crippen molar-refractivity contribution in [3.05, 3.63) is 33.6 Å². The van der Waals surface area contributed by atoms with Gasteiger partial charge in [0.15, 0.2) is 0 Å². The summed E-state index contributed by atoms with van der Waals surface area (Å²) in [6.07, 6.45) is 1.19.